The van der Waals surface area contributed by atoms with Gasteiger partial charge < -0.3 is 5.73 Å². The van der Waals surface area contributed by atoms with E-state index in [1.54, 1.807) is 0 Å². The Hall–Kier alpha value is -0.340. The Balaban J connectivity index is 2.72. The summed E-state index contributed by atoms with van der Waals surface area (Å²) >= 11 is 0. The van der Waals surface area contributed by atoms with Gasteiger partial charge in [-0.1, -0.05) is 32.3 Å². The van der Waals surface area contributed by atoms with E-state index in [2.05, 4.69) is 32.3 Å². The van der Waals surface area contributed by atoms with Gasteiger partial charge in [0.25, 0.3) is 0 Å². The molecule has 0 amide bonds. The van der Waals surface area contributed by atoms with Gasteiger partial charge in [0.1, 0.15) is 0 Å². The molecule has 0 bridgehead atoms. The molecule has 2 nitrogen and oxygen atoms in total. The number of nitrogens with zero attached hydrogens (tertiary/aromatic N) is 1. The van der Waals surface area contributed by atoms with Crippen molar-refractivity contribution in [3.63, 3.8) is 0 Å². The topological polar surface area (TPSA) is 29.3 Å². The highest BCUT2D eigenvalue weighted by Crippen LogP contribution is 2.38. The summed E-state index contributed by atoms with van der Waals surface area (Å²) in [5.41, 5.74) is 8.07. The van der Waals surface area contributed by atoms with Crippen molar-refractivity contribution in [2.24, 2.45) is 5.73 Å². The first kappa shape index (κ1) is 14.7. The fraction of sp³-hybridized carbons (Fsp3) is 0.867. The van der Waals surface area contributed by atoms with Crippen LogP contribution in [0.2, 0.25) is 0 Å². The highest BCUT2D eigenvalue weighted by molar-refractivity contribution is 5.03. The summed E-state index contributed by atoms with van der Waals surface area (Å²) in [6, 6.07) is 0.307. The molecule has 0 heterocycles. The Morgan fingerprint density at radius 2 is 1.82 bits per heavy atom. The number of rotatable bonds is 7. The summed E-state index contributed by atoms with van der Waals surface area (Å²) in [6.45, 7) is 12.9. The number of nitrogens with two attached hydrogens (primary N) is 1. The summed E-state index contributed by atoms with van der Waals surface area (Å²) in [4.78, 5) is 2.60. The smallest absolute Gasteiger partial charge is 0.0360 e. The van der Waals surface area contributed by atoms with E-state index < -0.39 is 0 Å². The van der Waals surface area contributed by atoms with Crippen LogP contribution in [0.25, 0.3) is 0 Å². The van der Waals surface area contributed by atoms with Crippen molar-refractivity contribution in [3.8, 4) is 0 Å². The van der Waals surface area contributed by atoms with Crippen molar-refractivity contribution in [2.45, 2.75) is 70.9 Å². The van der Waals surface area contributed by atoms with Crippen LogP contribution in [-0.4, -0.2) is 29.6 Å². The molecule has 1 saturated carbocycles. The van der Waals surface area contributed by atoms with Crippen molar-refractivity contribution in [1.29, 1.82) is 0 Å². The normalized spacial score (nSPS) is 20.8. The van der Waals surface area contributed by atoms with Crippen molar-refractivity contribution in [3.05, 3.63) is 12.2 Å². The van der Waals surface area contributed by atoms with Crippen LogP contribution in [0.15, 0.2) is 12.2 Å². The molecule has 1 rings (SSSR count). The van der Waals surface area contributed by atoms with E-state index in [0.29, 0.717) is 6.04 Å². The van der Waals surface area contributed by atoms with Crippen molar-refractivity contribution in [1.82, 2.24) is 4.90 Å². The first-order valence-corrected chi connectivity index (χ1v) is 7.21. The summed E-state index contributed by atoms with van der Waals surface area (Å²) in [5, 5.41) is 0. The molecule has 1 aliphatic rings. The average Bonchev–Trinajstić information content (AvgIpc) is 2.78. The van der Waals surface area contributed by atoms with Gasteiger partial charge in [-0.2, -0.15) is 0 Å². The van der Waals surface area contributed by atoms with Gasteiger partial charge in [-0.05, 0) is 45.7 Å². The molecule has 1 aliphatic carbocycles. The minimum Gasteiger partial charge on any atom is -0.326 e. The molecule has 1 fully saturated rings. The molecule has 0 radical (unpaired) electrons. The van der Waals surface area contributed by atoms with Gasteiger partial charge in [-0.25, -0.2) is 0 Å². The van der Waals surface area contributed by atoms with Crippen LogP contribution in [0.3, 0.4) is 0 Å². The van der Waals surface area contributed by atoms with Crippen molar-refractivity contribution < 1.29 is 0 Å². The Bertz CT molecular complexity index is 237. The Kier molecular flexibility index (Phi) is 5.68. The second-order valence-electron chi connectivity index (χ2n) is 5.59. The third kappa shape index (κ3) is 3.32. The van der Waals surface area contributed by atoms with Gasteiger partial charge >= 0.3 is 0 Å². The zero-order chi connectivity index (χ0) is 12.9. The highest BCUT2D eigenvalue weighted by Gasteiger charge is 2.42. The van der Waals surface area contributed by atoms with E-state index >= 15 is 0 Å². The fourth-order valence-corrected chi connectivity index (χ4v) is 3.43. The molecule has 0 aromatic heterocycles. The highest BCUT2D eigenvalue weighted by atomic mass is 15.2. The average molecular weight is 238 g/mol. The van der Waals surface area contributed by atoms with Gasteiger partial charge in [0.15, 0.2) is 0 Å². The van der Waals surface area contributed by atoms with Crippen LogP contribution in [0.4, 0.5) is 0 Å². The zero-order valence-corrected chi connectivity index (χ0v) is 12.0. The monoisotopic (exact) mass is 238 g/mol. The largest absolute Gasteiger partial charge is 0.326 e. The molecule has 100 valence electrons. The lowest BCUT2D eigenvalue weighted by atomic mass is 9.83. The third-order valence-electron chi connectivity index (χ3n) is 4.43. The molecule has 0 aliphatic heterocycles. The molecule has 0 aromatic carbocycles. The predicted octanol–water partition coefficient (Wildman–Crippen LogP) is 3.32. The maximum absolute atomic E-state index is 6.53. The minimum absolute atomic E-state index is 0.277. The van der Waals surface area contributed by atoms with Crippen LogP contribution >= 0.6 is 0 Å². The van der Waals surface area contributed by atoms with Crippen LogP contribution in [-0.2, 0) is 0 Å². The van der Waals surface area contributed by atoms with Crippen LogP contribution in [0.1, 0.15) is 59.3 Å². The molecular weight excluding hydrogens is 208 g/mol. The van der Waals surface area contributed by atoms with Crippen molar-refractivity contribution in [2.75, 3.05) is 13.1 Å². The van der Waals surface area contributed by atoms with Gasteiger partial charge in [0.05, 0.1) is 0 Å². The molecule has 0 spiro atoms. The molecule has 1 atom stereocenters. The lowest BCUT2D eigenvalue weighted by Gasteiger charge is -2.45. The van der Waals surface area contributed by atoms with Crippen LogP contribution in [0.5, 0.6) is 0 Å². The lowest BCUT2D eigenvalue weighted by molar-refractivity contribution is 0.0743. The summed E-state index contributed by atoms with van der Waals surface area (Å²) < 4.78 is 0. The molecule has 0 saturated heterocycles. The van der Waals surface area contributed by atoms with Crippen LogP contribution in [0, 0.1) is 0 Å². The van der Waals surface area contributed by atoms with Crippen molar-refractivity contribution >= 4 is 0 Å². The minimum atomic E-state index is 0.277. The van der Waals surface area contributed by atoms with Crippen LogP contribution < -0.4 is 5.73 Å². The summed E-state index contributed by atoms with van der Waals surface area (Å²) in [6.07, 6.45) is 7.42. The van der Waals surface area contributed by atoms with E-state index in [0.717, 1.165) is 25.9 Å². The standard InChI is InChI=1S/C15H30N2/c1-5-17(6-2)15(11-7-8-12-15)14(16)10-9-13(3)4/h14H,3,5-12,16H2,1-2,4H3. The Morgan fingerprint density at radius 3 is 2.24 bits per heavy atom. The summed E-state index contributed by atoms with van der Waals surface area (Å²) in [5.74, 6) is 0. The maximum atomic E-state index is 6.53. The Morgan fingerprint density at radius 1 is 1.29 bits per heavy atom. The second kappa shape index (κ2) is 6.55. The molecule has 2 heteroatoms. The van der Waals surface area contributed by atoms with Gasteiger partial charge in [0, 0.05) is 11.6 Å². The first-order chi connectivity index (χ1) is 8.06. The van der Waals surface area contributed by atoms with E-state index in [-0.39, 0.29) is 5.54 Å². The molecule has 17 heavy (non-hydrogen) atoms. The zero-order valence-electron chi connectivity index (χ0n) is 12.0. The number of likely N-dealkylation sites (N-methyl/N-ethyl adjacent to an activating group) is 1. The quantitative estimate of drug-likeness (QED) is 0.689. The van der Waals surface area contributed by atoms with E-state index in [9.17, 15) is 0 Å². The maximum Gasteiger partial charge on any atom is 0.0360 e. The van der Waals surface area contributed by atoms with E-state index in [1.165, 1.54) is 31.3 Å². The van der Waals surface area contributed by atoms with E-state index in [1.807, 2.05) is 0 Å². The van der Waals surface area contributed by atoms with Gasteiger partial charge in [-0.3, -0.25) is 4.90 Å². The number of hydrogen-bond donors (Lipinski definition) is 1. The number of hydrogen-bond acceptors (Lipinski definition) is 2. The SMILES string of the molecule is C=C(C)CCC(N)C1(N(CC)CC)CCCC1. The predicted molar refractivity (Wildman–Crippen MR) is 76.1 cm³/mol. The number of allylic oxidation sites excluding steroid dienone is 1. The third-order valence-corrected chi connectivity index (χ3v) is 4.43. The summed E-state index contributed by atoms with van der Waals surface area (Å²) in [7, 11) is 0. The lowest BCUT2D eigenvalue weighted by Crippen LogP contribution is -2.58. The van der Waals surface area contributed by atoms with E-state index in [4.69, 9.17) is 5.73 Å². The Labute approximate surface area is 107 Å². The first-order valence-electron chi connectivity index (χ1n) is 7.21. The van der Waals surface area contributed by atoms with Gasteiger partial charge in [0.2, 0.25) is 0 Å². The fourth-order valence-electron chi connectivity index (χ4n) is 3.43. The second-order valence-corrected chi connectivity index (χ2v) is 5.59. The van der Waals surface area contributed by atoms with Gasteiger partial charge in [-0.15, -0.1) is 6.58 Å². The molecule has 0 aromatic rings. The molecular formula is C15H30N2. The molecule has 1 unspecified atom stereocenters. The molecule has 2 N–H and O–H groups in total.